The largest absolute Gasteiger partial charge is 0.396 e. The molecular weight excluding hydrogens is 214 g/mol. The summed E-state index contributed by atoms with van der Waals surface area (Å²) < 4.78 is 0. The van der Waals surface area contributed by atoms with Gasteiger partial charge in [0.15, 0.2) is 0 Å². The summed E-state index contributed by atoms with van der Waals surface area (Å²) in [5.74, 6) is 0.101. The molecule has 1 aliphatic rings. The Hall–Kier alpha value is -1.35. The number of benzene rings is 1. The van der Waals surface area contributed by atoms with Gasteiger partial charge >= 0.3 is 0 Å². The number of piperidine rings is 1. The van der Waals surface area contributed by atoms with Crippen LogP contribution in [0.25, 0.3) is 0 Å². The van der Waals surface area contributed by atoms with Crippen molar-refractivity contribution in [3.05, 3.63) is 35.9 Å². The average Bonchev–Trinajstić information content (AvgIpc) is 2.40. The van der Waals surface area contributed by atoms with Crippen molar-refractivity contribution in [1.82, 2.24) is 4.90 Å². The minimum Gasteiger partial charge on any atom is -0.396 e. The lowest BCUT2D eigenvalue weighted by atomic mass is 9.98. The highest BCUT2D eigenvalue weighted by Crippen LogP contribution is 2.21. The average molecular weight is 233 g/mol. The summed E-state index contributed by atoms with van der Waals surface area (Å²) in [7, 11) is 0. The minimum absolute atomic E-state index is 0.101. The van der Waals surface area contributed by atoms with Crippen molar-refractivity contribution in [2.24, 2.45) is 0 Å². The van der Waals surface area contributed by atoms with Crippen LogP contribution in [0.5, 0.6) is 0 Å². The maximum atomic E-state index is 12.3. The van der Waals surface area contributed by atoms with Crippen LogP contribution in [0.1, 0.15) is 36.0 Å². The monoisotopic (exact) mass is 233 g/mol. The Labute approximate surface area is 102 Å². The van der Waals surface area contributed by atoms with Crippen molar-refractivity contribution >= 4 is 5.91 Å². The molecule has 1 amide bonds. The van der Waals surface area contributed by atoms with E-state index in [1.807, 2.05) is 35.2 Å². The van der Waals surface area contributed by atoms with Crippen LogP contribution in [-0.4, -0.2) is 35.1 Å². The summed E-state index contributed by atoms with van der Waals surface area (Å²) in [5, 5.41) is 9.05. The molecule has 1 atom stereocenters. The molecule has 0 aliphatic carbocycles. The molecule has 3 nitrogen and oxygen atoms in total. The zero-order valence-corrected chi connectivity index (χ0v) is 10.0. The van der Waals surface area contributed by atoms with Crippen molar-refractivity contribution in [3.63, 3.8) is 0 Å². The quantitative estimate of drug-likeness (QED) is 0.868. The first-order chi connectivity index (χ1) is 8.33. The van der Waals surface area contributed by atoms with Crippen molar-refractivity contribution in [3.8, 4) is 0 Å². The lowest BCUT2D eigenvalue weighted by Gasteiger charge is -2.35. The number of likely N-dealkylation sites (tertiary alicyclic amines) is 1. The standard InChI is InChI=1S/C14H19NO2/c16-11-9-13-8-4-5-10-15(13)14(17)12-6-2-1-3-7-12/h1-3,6-7,13,16H,4-5,8-11H2. The van der Waals surface area contributed by atoms with E-state index in [9.17, 15) is 4.79 Å². The summed E-state index contributed by atoms with van der Waals surface area (Å²) in [6.07, 6.45) is 3.93. The lowest BCUT2D eigenvalue weighted by molar-refractivity contribution is 0.0574. The second-order valence-electron chi connectivity index (χ2n) is 4.53. The van der Waals surface area contributed by atoms with Crippen LogP contribution in [-0.2, 0) is 0 Å². The topological polar surface area (TPSA) is 40.5 Å². The predicted molar refractivity (Wildman–Crippen MR) is 66.8 cm³/mol. The predicted octanol–water partition coefficient (Wildman–Crippen LogP) is 2.06. The number of hydrogen-bond donors (Lipinski definition) is 1. The number of carbonyl (C=O) groups is 1. The van der Waals surface area contributed by atoms with Gasteiger partial charge in [-0.05, 0) is 37.8 Å². The number of aliphatic hydroxyl groups excluding tert-OH is 1. The molecule has 0 spiro atoms. The number of amides is 1. The van der Waals surface area contributed by atoms with Gasteiger partial charge in [0.2, 0.25) is 0 Å². The molecule has 1 fully saturated rings. The number of rotatable bonds is 3. The third kappa shape index (κ3) is 2.86. The molecule has 3 heteroatoms. The second kappa shape index (κ2) is 5.82. The number of carbonyl (C=O) groups excluding carboxylic acids is 1. The van der Waals surface area contributed by atoms with Crippen LogP contribution < -0.4 is 0 Å². The highest BCUT2D eigenvalue weighted by atomic mass is 16.3. The molecule has 1 unspecified atom stereocenters. The fourth-order valence-electron chi connectivity index (χ4n) is 2.46. The van der Waals surface area contributed by atoms with E-state index >= 15 is 0 Å². The van der Waals surface area contributed by atoms with Gasteiger partial charge < -0.3 is 10.0 Å². The van der Waals surface area contributed by atoms with Crippen LogP contribution in [0.4, 0.5) is 0 Å². The molecule has 17 heavy (non-hydrogen) atoms. The van der Waals surface area contributed by atoms with Crippen molar-refractivity contribution < 1.29 is 9.90 Å². The minimum atomic E-state index is 0.101. The van der Waals surface area contributed by atoms with Crippen LogP contribution in [0.15, 0.2) is 30.3 Å². The molecule has 92 valence electrons. The van der Waals surface area contributed by atoms with E-state index in [0.29, 0.717) is 6.42 Å². The smallest absolute Gasteiger partial charge is 0.254 e. The molecule has 0 bridgehead atoms. The van der Waals surface area contributed by atoms with Crippen LogP contribution in [0.3, 0.4) is 0 Å². The van der Waals surface area contributed by atoms with Gasteiger partial charge in [-0.25, -0.2) is 0 Å². The van der Waals surface area contributed by atoms with Gasteiger partial charge in [-0.2, -0.15) is 0 Å². The molecule has 1 aliphatic heterocycles. The Balaban J connectivity index is 2.11. The molecule has 1 aromatic carbocycles. The summed E-state index contributed by atoms with van der Waals surface area (Å²) >= 11 is 0. The van der Waals surface area contributed by atoms with E-state index in [0.717, 1.165) is 31.4 Å². The zero-order chi connectivity index (χ0) is 12.1. The van der Waals surface area contributed by atoms with E-state index in [1.165, 1.54) is 0 Å². The molecule has 2 rings (SSSR count). The summed E-state index contributed by atoms with van der Waals surface area (Å²) in [6.45, 7) is 0.974. The van der Waals surface area contributed by atoms with Crippen LogP contribution in [0, 0.1) is 0 Å². The fourth-order valence-corrected chi connectivity index (χ4v) is 2.46. The Morgan fingerprint density at radius 2 is 2.06 bits per heavy atom. The highest BCUT2D eigenvalue weighted by Gasteiger charge is 2.26. The van der Waals surface area contributed by atoms with Crippen molar-refractivity contribution in [1.29, 1.82) is 0 Å². The molecule has 1 aromatic rings. The highest BCUT2D eigenvalue weighted by molar-refractivity contribution is 5.94. The Bertz CT molecular complexity index is 362. The summed E-state index contributed by atoms with van der Waals surface area (Å²) in [5.41, 5.74) is 0.748. The lowest BCUT2D eigenvalue weighted by Crippen LogP contribution is -2.44. The molecule has 0 aromatic heterocycles. The van der Waals surface area contributed by atoms with Gasteiger partial charge in [-0.3, -0.25) is 4.79 Å². The van der Waals surface area contributed by atoms with Gasteiger partial charge in [0.25, 0.3) is 5.91 Å². The third-order valence-electron chi connectivity index (χ3n) is 3.37. The van der Waals surface area contributed by atoms with E-state index in [4.69, 9.17) is 5.11 Å². The maximum Gasteiger partial charge on any atom is 0.254 e. The molecule has 0 radical (unpaired) electrons. The van der Waals surface area contributed by atoms with E-state index in [-0.39, 0.29) is 18.6 Å². The zero-order valence-electron chi connectivity index (χ0n) is 10.0. The summed E-state index contributed by atoms with van der Waals surface area (Å²) in [4.78, 5) is 14.3. The molecular formula is C14H19NO2. The normalized spacial score (nSPS) is 20.3. The van der Waals surface area contributed by atoms with Gasteiger partial charge in [-0.15, -0.1) is 0 Å². The van der Waals surface area contributed by atoms with E-state index < -0.39 is 0 Å². The van der Waals surface area contributed by atoms with Crippen LogP contribution >= 0.6 is 0 Å². The Morgan fingerprint density at radius 3 is 2.76 bits per heavy atom. The van der Waals surface area contributed by atoms with E-state index in [1.54, 1.807) is 0 Å². The second-order valence-corrected chi connectivity index (χ2v) is 4.53. The Morgan fingerprint density at radius 1 is 1.29 bits per heavy atom. The molecule has 1 saturated heterocycles. The number of nitrogens with zero attached hydrogens (tertiary/aromatic N) is 1. The number of hydrogen-bond acceptors (Lipinski definition) is 2. The third-order valence-corrected chi connectivity index (χ3v) is 3.37. The van der Waals surface area contributed by atoms with E-state index in [2.05, 4.69) is 0 Å². The first-order valence-corrected chi connectivity index (χ1v) is 6.30. The molecule has 0 saturated carbocycles. The van der Waals surface area contributed by atoms with Crippen molar-refractivity contribution in [2.75, 3.05) is 13.2 Å². The van der Waals surface area contributed by atoms with Gasteiger partial charge in [0.05, 0.1) is 0 Å². The van der Waals surface area contributed by atoms with Crippen LogP contribution in [0.2, 0.25) is 0 Å². The van der Waals surface area contributed by atoms with Gasteiger partial charge in [-0.1, -0.05) is 18.2 Å². The number of aliphatic hydroxyl groups is 1. The maximum absolute atomic E-state index is 12.3. The SMILES string of the molecule is O=C(c1ccccc1)N1CCCCC1CCO. The molecule has 1 N–H and O–H groups in total. The summed E-state index contributed by atoms with van der Waals surface area (Å²) in [6, 6.07) is 9.61. The first-order valence-electron chi connectivity index (χ1n) is 6.30. The molecule has 1 heterocycles. The van der Waals surface area contributed by atoms with Gasteiger partial charge in [0, 0.05) is 24.8 Å². The fraction of sp³-hybridized carbons (Fsp3) is 0.500. The van der Waals surface area contributed by atoms with Gasteiger partial charge in [0.1, 0.15) is 0 Å². The first kappa shape index (κ1) is 12.1. The Kier molecular flexibility index (Phi) is 4.15. The van der Waals surface area contributed by atoms with Crippen molar-refractivity contribution in [2.45, 2.75) is 31.7 Å².